The van der Waals surface area contributed by atoms with Crippen molar-refractivity contribution in [2.75, 3.05) is 6.61 Å². The molecule has 1 fully saturated rings. The van der Waals surface area contributed by atoms with E-state index in [1.54, 1.807) is 0 Å². The molecule has 0 radical (unpaired) electrons. The molecule has 1 rings (SSSR count). The van der Waals surface area contributed by atoms with Crippen molar-refractivity contribution in [3.05, 3.63) is 0 Å². The van der Waals surface area contributed by atoms with E-state index in [0.717, 1.165) is 12.8 Å². The van der Waals surface area contributed by atoms with Crippen molar-refractivity contribution in [1.29, 1.82) is 0 Å². The van der Waals surface area contributed by atoms with E-state index in [-0.39, 0.29) is 11.8 Å². The van der Waals surface area contributed by atoms with Crippen molar-refractivity contribution in [1.82, 2.24) is 5.48 Å². The summed E-state index contributed by atoms with van der Waals surface area (Å²) in [6.45, 7) is 2.40. The Kier molecular flexibility index (Phi) is 4.08. The predicted molar refractivity (Wildman–Crippen MR) is 46.3 cm³/mol. The summed E-state index contributed by atoms with van der Waals surface area (Å²) in [7, 11) is 0. The minimum absolute atomic E-state index is 0.0663. The van der Waals surface area contributed by atoms with E-state index in [2.05, 4.69) is 5.48 Å². The molecule has 70 valence electrons. The van der Waals surface area contributed by atoms with Gasteiger partial charge in [-0.25, -0.2) is 5.48 Å². The van der Waals surface area contributed by atoms with E-state index in [1.165, 1.54) is 19.3 Å². The van der Waals surface area contributed by atoms with E-state index >= 15 is 0 Å². The molecule has 0 aliphatic heterocycles. The van der Waals surface area contributed by atoms with Gasteiger partial charge in [-0.1, -0.05) is 19.3 Å². The van der Waals surface area contributed by atoms with Crippen LogP contribution in [0, 0.1) is 5.92 Å². The summed E-state index contributed by atoms with van der Waals surface area (Å²) < 4.78 is 0. The monoisotopic (exact) mass is 171 g/mol. The molecular formula is C9H17NO2. The highest BCUT2D eigenvalue weighted by molar-refractivity contribution is 5.77. The SMILES string of the molecule is CCONC(=O)C1CCCCC1. The van der Waals surface area contributed by atoms with Gasteiger partial charge in [0.25, 0.3) is 0 Å². The summed E-state index contributed by atoms with van der Waals surface area (Å²) in [6, 6.07) is 0. The molecule has 0 atom stereocenters. The quantitative estimate of drug-likeness (QED) is 0.655. The van der Waals surface area contributed by atoms with Crippen LogP contribution in [0.4, 0.5) is 0 Å². The zero-order chi connectivity index (χ0) is 8.81. The summed E-state index contributed by atoms with van der Waals surface area (Å²) in [5.41, 5.74) is 2.46. The Hall–Kier alpha value is -0.570. The van der Waals surface area contributed by atoms with Crippen LogP contribution in [0.3, 0.4) is 0 Å². The molecular weight excluding hydrogens is 154 g/mol. The minimum Gasteiger partial charge on any atom is -0.274 e. The molecule has 0 aromatic carbocycles. The Bertz CT molecular complexity index is 141. The van der Waals surface area contributed by atoms with Gasteiger partial charge in [0.1, 0.15) is 0 Å². The molecule has 1 aliphatic rings. The molecule has 0 unspecified atom stereocenters. The second-order valence-corrected chi connectivity index (χ2v) is 3.23. The summed E-state index contributed by atoms with van der Waals surface area (Å²) in [5, 5.41) is 0. The number of hydroxylamine groups is 1. The van der Waals surface area contributed by atoms with Crippen molar-refractivity contribution in [2.45, 2.75) is 39.0 Å². The van der Waals surface area contributed by atoms with E-state index in [1.807, 2.05) is 6.92 Å². The lowest BCUT2D eigenvalue weighted by Gasteiger charge is -2.19. The van der Waals surface area contributed by atoms with E-state index in [4.69, 9.17) is 4.84 Å². The van der Waals surface area contributed by atoms with E-state index in [9.17, 15) is 4.79 Å². The first-order chi connectivity index (χ1) is 5.84. The van der Waals surface area contributed by atoms with Gasteiger partial charge in [-0.2, -0.15) is 0 Å². The standard InChI is InChI=1S/C9H17NO2/c1-2-12-10-9(11)8-6-4-3-5-7-8/h8H,2-7H2,1H3,(H,10,11). The van der Waals surface area contributed by atoms with E-state index in [0.29, 0.717) is 6.61 Å². The van der Waals surface area contributed by atoms with Gasteiger partial charge in [0.2, 0.25) is 5.91 Å². The number of carbonyl (C=O) groups is 1. The van der Waals surface area contributed by atoms with E-state index < -0.39 is 0 Å². The zero-order valence-electron chi connectivity index (χ0n) is 7.64. The molecule has 0 aromatic heterocycles. The highest BCUT2D eigenvalue weighted by atomic mass is 16.6. The van der Waals surface area contributed by atoms with Crippen molar-refractivity contribution < 1.29 is 9.63 Å². The molecule has 0 saturated heterocycles. The fourth-order valence-corrected chi connectivity index (χ4v) is 1.59. The fraction of sp³-hybridized carbons (Fsp3) is 0.889. The summed E-state index contributed by atoms with van der Waals surface area (Å²) in [6.07, 6.45) is 5.70. The first-order valence-corrected chi connectivity index (χ1v) is 4.76. The van der Waals surface area contributed by atoms with Crippen LogP contribution < -0.4 is 5.48 Å². The minimum atomic E-state index is 0.0663. The van der Waals surface area contributed by atoms with Crippen LogP contribution >= 0.6 is 0 Å². The largest absolute Gasteiger partial charge is 0.274 e. The molecule has 3 nitrogen and oxygen atoms in total. The molecule has 0 heterocycles. The first-order valence-electron chi connectivity index (χ1n) is 4.76. The Morgan fingerprint density at radius 2 is 2.08 bits per heavy atom. The Labute approximate surface area is 73.4 Å². The van der Waals surface area contributed by atoms with Gasteiger partial charge in [-0.3, -0.25) is 9.63 Å². The maximum absolute atomic E-state index is 11.3. The molecule has 1 saturated carbocycles. The summed E-state index contributed by atoms with van der Waals surface area (Å²) in [4.78, 5) is 16.2. The van der Waals surface area contributed by atoms with Gasteiger partial charge in [0.15, 0.2) is 0 Å². The van der Waals surface area contributed by atoms with Gasteiger partial charge in [-0.15, -0.1) is 0 Å². The van der Waals surface area contributed by atoms with Crippen LogP contribution in [0.1, 0.15) is 39.0 Å². The van der Waals surface area contributed by atoms with Gasteiger partial charge < -0.3 is 0 Å². The molecule has 1 aliphatic carbocycles. The average molecular weight is 171 g/mol. The highest BCUT2D eigenvalue weighted by Gasteiger charge is 2.20. The number of rotatable bonds is 3. The number of amides is 1. The fourth-order valence-electron chi connectivity index (χ4n) is 1.59. The zero-order valence-corrected chi connectivity index (χ0v) is 7.64. The van der Waals surface area contributed by atoms with Gasteiger partial charge in [0.05, 0.1) is 6.61 Å². The van der Waals surface area contributed by atoms with Crippen LogP contribution in [-0.2, 0) is 9.63 Å². The van der Waals surface area contributed by atoms with Crippen molar-refractivity contribution in [3.8, 4) is 0 Å². The summed E-state index contributed by atoms with van der Waals surface area (Å²) in [5.74, 6) is 0.266. The van der Waals surface area contributed by atoms with Crippen molar-refractivity contribution in [2.24, 2.45) is 5.92 Å². The van der Waals surface area contributed by atoms with Crippen LogP contribution in [-0.4, -0.2) is 12.5 Å². The molecule has 0 bridgehead atoms. The molecule has 1 N–H and O–H groups in total. The molecule has 3 heteroatoms. The van der Waals surface area contributed by atoms with Crippen LogP contribution in [0.15, 0.2) is 0 Å². The average Bonchev–Trinajstić information content (AvgIpc) is 2.15. The lowest BCUT2D eigenvalue weighted by Crippen LogP contribution is -2.31. The third-order valence-electron chi connectivity index (χ3n) is 2.29. The second-order valence-electron chi connectivity index (χ2n) is 3.23. The third kappa shape index (κ3) is 2.81. The van der Waals surface area contributed by atoms with Crippen LogP contribution in [0.5, 0.6) is 0 Å². The van der Waals surface area contributed by atoms with Gasteiger partial charge in [0, 0.05) is 5.92 Å². The molecule has 1 amide bonds. The Morgan fingerprint density at radius 1 is 1.42 bits per heavy atom. The lowest BCUT2D eigenvalue weighted by atomic mass is 9.89. The Balaban J connectivity index is 2.20. The maximum Gasteiger partial charge on any atom is 0.246 e. The van der Waals surface area contributed by atoms with Crippen LogP contribution in [0.2, 0.25) is 0 Å². The summed E-state index contributed by atoms with van der Waals surface area (Å²) >= 11 is 0. The van der Waals surface area contributed by atoms with Crippen molar-refractivity contribution >= 4 is 5.91 Å². The number of nitrogens with one attached hydrogen (secondary N) is 1. The second kappa shape index (κ2) is 5.14. The maximum atomic E-state index is 11.3. The van der Waals surface area contributed by atoms with Gasteiger partial charge >= 0.3 is 0 Å². The molecule has 0 aromatic rings. The number of carbonyl (C=O) groups excluding carboxylic acids is 1. The Morgan fingerprint density at radius 3 is 2.67 bits per heavy atom. The number of hydrogen-bond donors (Lipinski definition) is 1. The van der Waals surface area contributed by atoms with Crippen LogP contribution in [0.25, 0.3) is 0 Å². The number of hydrogen-bond acceptors (Lipinski definition) is 2. The smallest absolute Gasteiger partial charge is 0.246 e. The molecule has 12 heavy (non-hydrogen) atoms. The predicted octanol–water partition coefficient (Wildman–Crippen LogP) is 1.63. The topological polar surface area (TPSA) is 38.3 Å². The molecule has 0 spiro atoms. The normalized spacial score (nSPS) is 19.1. The lowest BCUT2D eigenvalue weighted by molar-refractivity contribution is -0.138. The highest BCUT2D eigenvalue weighted by Crippen LogP contribution is 2.23. The first kappa shape index (κ1) is 9.52. The van der Waals surface area contributed by atoms with Gasteiger partial charge in [-0.05, 0) is 19.8 Å². The van der Waals surface area contributed by atoms with Crippen molar-refractivity contribution in [3.63, 3.8) is 0 Å². The third-order valence-corrected chi connectivity index (χ3v) is 2.29.